The second-order valence-corrected chi connectivity index (χ2v) is 3.96. The maximum Gasteiger partial charge on any atom is 0.127 e. The van der Waals surface area contributed by atoms with Gasteiger partial charge in [-0.3, -0.25) is 0 Å². The molecule has 0 spiro atoms. The van der Waals surface area contributed by atoms with E-state index in [1.54, 1.807) is 7.11 Å². The van der Waals surface area contributed by atoms with E-state index < -0.39 is 0 Å². The molecule has 1 N–H and O–H groups in total. The van der Waals surface area contributed by atoms with Crippen LogP contribution in [0, 0.1) is 0 Å². The van der Waals surface area contributed by atoms with Crippen molar-refractivity contribution in [3.63, 3.8) is 0 Å². The Morgan fingerprint density at radius 2 is 1.67 bits per heavy atom. The number of nitrogens with one attached hydrogen (secondary N) is 1. The summed E-state index contributed by atoms with van der Waals surface area (Å²) in [5.74, 6) is 2.47. The van der Waals surface area contributed by atoms with Gasteiger partial charge in [-0.05, 0) is 49.0 Å². The highest BCUT2D eigenvalue weighted by Gasteiger charge is 1.99. The zero-order valence-corrected chi connectivity index (χ0v) is 10.6. The number of benzene rings is 2. The van der Waals surface area contributed by atoms with Crippen molar-refractivity contribution in [3.05, 3.63) is 54.1 Å². The van der Waals surface area contributed by atoms with E-state index in [2.05, 4.69) is 11.4 Å². The molecule has 0 atom stereocenters. The van der Waals surface area contributed by atoms with Crippen LogP contribution in [-0.2, 0) is 6.54 Å². The largest absolute Gasteiger partial charge is 0.497 e. The van der Waals surface area contributed by atoms with Crippen LogP contribution in [0.15, 0.2) is 48.5 Å². The lowest BCUT2D eigenvalue weighted by atomic mass is 10.2. The molecule has 0 aliphatic carbocycles. The first-order valence-electron chi connectivity index (χ1n) is 5.87. The first-order chi connectivity index (χ1) is 8.81. The van der Waals surface area contributed by atoms with Gasteiger partial charge in [0, 0.05) is 6.54 Å². The third-order valence-electron chi connectivity index (χ3n) is 2.57. The van der Waals surface area contributed by atoms with E-state index in [0.29, 0.717) is 0 Å². The minimum absolute atomic E-state index is 0.803. The van der Waals surface area contributed by atoms with E-state index in [1.165, 1.54) is 5.56 Å². The van der Waals surface area contributed by atoms with Gasteiger partial charge in [-0.2, -0.15) is 0 Å². The topological polar surface area (TPSA) is 30.5 Å². The molecule has 0 heterocycles. The van der Waals surface area contributed by atoms with Gasteiger partial charge in [-0.15, -0.1) is 0 Å². The fraction of sp³-hybridized carbons (Fsp3) is 0.200. The zero-order chi connectivity index (χ0) is 12.8. The van der Waals surface area contributed by atoms with Gasteiger partial charge in [0.05, 0.1) is 7.11 Å². The van der Waals surface area contributed by atoms with E-state index in [-0.39, 0.29) is 0 Å². The summed E-state index contributed by atoms with van der Waals surface area (Å²) in [5.41, 5.74) is 1.20. The predicted molar refractivity (Wildman–Crippen MR) is 72.3 cm³/mol. The predicted octanol–water partition coefficient (Wildman–Crippen LogP) is 3.21. The summed E-state index contributed by atoms with van der Waals surface area (Å²) in [7, 11) is 3.58. The van der Waals surface area contributed by atoms with E-state index >= 15 is 0 Å². The Kier molecular flexibility index (Phi) is 4.20. The molecule has 0 aromatic heterocycles. The molecule has 0 saturated heterocycles. The standard InChI is InChI=1S/C15H17NO2/c1-16-11-12-4-3-5-15(10-12)18-14-8-6-13(17-2)7-9-14/h3-10,16H,11H2,1-2H3. The second-order valence-electron chi connectivity index (χ2n) is 3.96. The van der Waals surface area contributed by atoms with Crippen LogP contribution < -0.4 is 14.8 Å². The lowest BCUT2D eigenvalue weighted by Gasteiger charge is -2.08. The molecule has 3 heteroatoms. The van der Waals surface area contributed by atoms with Crippen molar-refractivity contribution in [2.24, 2.45) is 0 Å². The normalized spacial score (nSPS) is 10.1. The van der Waals surface area contributed by atoms with E-state index in [0.717, 1.165) is 23.8 Å². The van der Waals surface area contributed by atoms with Crippen molar-refractivity contribution in [3.8, 4) is 17.2 Å². The van der Waals surface area contributed by atoms with Gasteiger partial charge in [0.2, 0.25) is 0 Å². The van der Waals surface area contributed by atoms with Crippen LogP contribution >= 0.6 is 0 Å². The highest BCUT2D eigenvalue weighted by Crippen LogP contribution is 2.24. The Morgan fingerprint density at radius 1 is 0.944 bits per heavy atom. The molecule has 3 nitrogen and oxygen atoms in total. The van der Waals surface area contributed by atoms with Crippen LogP contribution in [0.2, 0.25) is 0 Å². The van der Waals surface area contributed by atoms with Gasteiger partial charge in [-0.1, -0.05) is 12.1 Å². The molecule has 2 rings (SSSR count). The third-order valence-corrected chi connectivity index (χ3v) is 2.57. The van der Waals surface area contributed by atoms with Gasteiger partial charge < -0.3 is 14.8 Å². The third kappa shape index (κ3) is 3.25. The van der Waals surface area contributed by atoms with Crippen molar-refractivity contribution < 1.29 is 9.47 Å². The molecule has 0 unspecified atom stereocenters. The van der Waals surface area contributed by atoms with E-state index in [1.807, 2.05) is 49.5 Å². The molecule has 0 aliphatic heterocycles. The van der Waals surface area contributed by atoms with Gasteiger partial charge >= 0.3 is 0 Å². The molecule has 0 radical (unpaired) electrons. The Hall–Kier alpha value is -2.00. The summed E-state index contributed by atoms with van der Waals surface area (Å²) in [5, 5.41) is 3.12. The summed E-state index contributed by atoms with van der Waals surface area (Å²) in [6.07, 6.45) is 0. The molecule has 94 valence electrons. The van der Waals surface area contributed by atoms with E-state index in [4.69, 9.17) is 9.47 Å². The fourth-order valence-electron chi connectivity index (χ4n) is 1.70. The second kappa shape index (κ2) is 6.07. The monoisotopic (exact) mass is 243 g/mol. The van der Waals surface area contributed by atoms with Crippen LogP contribution in [0.3, 0.4) is 0 Å². The Bertz CT molecular complexity index is 494. The number of methoxy groups -OCH3 is 1. The molecule has 0 aliphatic rings. The molecule has 0 fully saturated rings. The molecule has 2 aromatic rings. The summed E-state index contributed by atoms with van der Waals surface area (Å²) in [4.78, 5) is 0. The fourth-order valence-corrected chi connectivity index (χ4v) is 1.70. The van der Waals surface area contributed by atoms with Crippen molar-refractivity contribution in [1.29, 1.82) is 0 Å². The van der Waals surface area contributed by atoms with Crippen molar-refractivity contribution in [2.75, 3.05) is 14.2 Å². The van der Waals surface area contributed by atoms with Crippen LogP contribution in [0.1, 0.15) is 5.56 Å². The molecule has 2 aromatic carbocycles. The SMILES string of the molecule is CNCc1cccc(Oc2ccc(OC)cc2)c1. The molecular weight excluding hydrogens is 226 g/mol. The minimum atomic E-state index is 0.803. The summed E-state index contributed by atoms with van der Waals surface area (Å²) in [6, 6.07) is 15.6. The maximum atomic E-state index is 5.78. The highest BCUT2D eigenvalue weighted by atomic mass is 16.5. The van der Waals surface area contributed by atoms with Crippen LogP contribution in [0.5, 0.6) is 17.2 Å². The average molecular weight is 243 g/mol. The average Bonchev–Trinajstić information content (AvgIpc) is 2.40. The van der Waals surface area contributed by atoms with Gasteiger partial charge in [0.25, 0.3) is 0 Å². The van der Waals surface area contributed by atoms with Crippen LogP contribution in [-0.4, -0.2) is 14.2 Å². The summed E-state index contributed by atoms with van der Waals surface area (Å²) >= 11 is 0. The lowest BCUT2D eigenvalue weighted by molar-refractivity contribution is 0.413. The first kappa shape index (κ1) is 12.5. The number of ether oxygens (including phenoxy) is 2. The number of hydrogen-bond acceptors (Lipinski definition) is 3. The molecular formula is C15H17NO2. The van der Waals surface area contributed by atoms with E-state index in [9.17, 15) is 0 Å². The summed E-state index contributed by atoms with van der Waals surface area (Å²) in [6.45, 7) is 0.833. The molecule has 0 saturated carbocycles. The molecule has 0 amide bonds. The zero-order valence-electron chi connectivity index (χ0n) is 10.6. The highest BCUT2D eigenvalue weighted by molar-refractivity contribution is 5.36. The van der Waals surface area contributed by atoms with Gasteiger partial charge in [0.15, 0.2) is 0 Å². The quantitative estimate of drug-likeness (QED) is 0.874. The first-order valence-corrected chi connectivity index (χ1v) is 5.87. The lowest BCUT2D eigenvalue weighted by Crippen LogP contribution is -2.04. The summed E-state index contributed by atoms with van der Waals surface area (Å²) < 4.78 is 10.9. The smallest absolute Gasteiger partial charge is 0.127 e. The number of rotatable bonds is 5. The van der Waals surface area contributed by atoms with Gasteiger partial charge in [0.1, 0.15) is 17.2 Å². The maximum absolute atomic E-state index is 5.78. The van der Waals surface area contributed by atoms with Crippen LogP contribution in [0.25, 0.3) is 0 Å². The van der Waals surface area contributed by atoms with Crippen molar-refractivity contribution >= 4 is 0 Å². The number of hydrogen-bond donors (Lipinski definition) is 1. The Morgan fingerprint density at radius 3 is 2.33 bits per heavy atom. The van der Waals surface area contributed by atoms with Crippen molar-refractivity contribution in [2.45, 2.75) is 6.54 Å². The molecule has 0 bridgehead atoms. The van der Waals surface area contributed by atoms with Gasteiger partial charge in [-0.25, -0.2) is 0 Å². The Balaban J connectivity index is 2.09. The van der Waals surface area contributed by atoms with Crippen molar-refractivity contribution in [1.82, 2.24) is 5.32 Å². The Labute approximate surface area is 107 Å². The minimum Gasteiger partial charge on any atom is -0.497 e. The molecule has 18 heavy (non-hydrogen) atoms. The van der Waals surface area contributed by atoms with Crippen LogP contribution in [0.4, 0.5) is 0 Å².